The normalized spacial score (nSPS) is 10.7. The number of halogens is 1. The van der Waals surface area contributed by atoms with Crippen LogP contribution in [0.5, 0.6) is 0 Å². The van der Waals surface area contributed by atoms with Crippen LogP contribution in [-0.4, -0.2) is 25.0 Å². The molecule has 0 fully saturated rings. The summed E-state index contributed by atoms with van der Waals surface area (Å²) in [6.07, 6.45) is 0. The van der Waals surface area contributed by atoms with Gasteiger partial charge in [-0.15, -0.1) is 0 Å². The molecule has 9 nitrogen and oxygen atoms in total. The van der Waals surface area contributed by atoms with Gasteiger partial charge in [-0.05, 0) is 31.2 Å². The van der Waals surface area contributed by atoms with Gasteiger partial charge < -0.3 is 9.84 Å². The summed E-state index contributed by atoms with van der Waals surface area (Å²) in [5.74, 6) is 1.86. The first-order chi connectivity index (χ1) is 14.5. The number of anilines is 1. The van der Waals surface area contributed by atoms with Gasteiger partial charge in [-0.2, -0.15) is 4.98 Å². The van der Waals surface area contributed by atoms with Crippen molar-refractivity contribution in [2.45, 2.75) is 13.5 Å². The topological polar surface area (TPSA) is 120 Å². The number of aromatic nitrogens is 4. The van der Waals surface area contributed by atoms with E-state index in [0.29, 0.717) is 33.9 Å². The van der Waals surface area contributed by atoms with E-state index in [1.54, 1.807) is 30.3 Å². The molecule has 2 aromatic heterocycles. The second kappa shape index (κ2) is 8.26. The zero-order chi connectivity index (χ0) is 21.1. The lowest BCUT2D eigenvalue weighted by atomic mass is 10.2. The van der Waals surface area contributed by atoms with E-state index in [1.165, 1.54) is 12.1 Å². The largest absolute Gasteiger partial charge is 0.361 e. The Morgan fingerprint density at radius 1 is 1.03 bits per heavy atom. The third-order valence-corrected chi connectivity index (χ3v) is 4.40. The summed E-state index contributed by atoms with van der Waals surface area (Å²) in [5, 5.41) is 18.5. The van der Waals surface area contributed by atoms with Crippen molar-refractivity contribution in [1.82, 2.24) is 20.1 Å². The van der Waals surface area contributed by atoms with E-state index >= 15 is 0 Å². The predicted molar refractivity (Wildman–Crippen MR) is 111 cm³/mol. The Hall–Kier alpha value is -3.85. The molecule has 2 heterocycles. The van der Waals surface area contributed by atoms with Gasteiger partial charge in [0.1, 0.15) is 5.82 Å². The Morgan fingerprint density at radius 2 is 1.83 bits per heavy atom. The van der Waals surface area contributed by atoms with Crippen molar-refractivity contribution >= 4 is 23.1 Å². The number of nitrogens with one attached hydrogen (secondary N) is 1. The summed E-state index contributed by atoms with van der Waals surface area (Å²) < 4.78 is 5.29. The maximum absolute atomic E-state index is 10.8. The molecule has 2 aromatic carbocycles. The summed E-state index contributed by atoms with van der Waals surface area (Å²) >= 11 is 6.00. The number of non-ortho nitro benzene ring substituents is 1. The van der Waals surface area contributed by atoms with Crippen LogP contribution in [0.15, 0.2) is 59.1 Å². The molecule has 10 heteroatoms. The number of nitro groups is 1. The Balaban J connectivity index is 1.50. The monoisotopic (exact) mass is 422 g/mol. The SMILES string of the molecule is Cc1cc(NCc2nc(-c3cccc(Cl)c3)no2)nc(-c2ccc([N+](=O)[O-])cc2)n1. The van der Waals surface area contributed by atoms with Gasteiger partial charge in [-0.25, -0.2) is 9.97 Å². The van der Waals surface area contributed by atoms with Gasteiger partial charge >= 0.3 is 0 Å². The minimum atomic E-state index is -0.448. The number of benzene rings is 2. The van der Waals surface area contributed by atoms with Gasteiger partial charge in [0.2, 0.25) is 11.7 Å². The average molecular weight is 423 g/mol. The number of nitro benzene ring substituents is 1. The summed E-state index contributed by atoms with van der Waals surface area (Å²) in [7, 11) is 0. The molecule has 0 aliphatic carbocycles. The van der Waals surface area contributed by atoms with Crippen molar-refractivity contribution in [3.05, 3.63) is 81.3 Å². The van der Waals surface area contributed by atoms with E-state index in [4.69, 9.17) is 16.1 Å². The Labute approximate surface area is 175 Å². The zero-order valence-corrected chi connectivity index (χ0v) is 16.5. The van der Waals surface area contributed by atoms with E-state index in [2.05, 4.69) is 25.4 Å². The lowest BCUT2D eigenvalue weighted by Crippen LogP contribution is -2.04. The highest BCUT2D eigenvalue weighted by Gasteiger charge is 2.11. The molecule has 0 aliphatic rings. The molecule has 0 radical (unpaired) electrons. The summed E-state index contributed by atoms with van der Waals surface area (Å²) in [5.41, 5.74) is 2.19. The van der Waals surface area contributed by atoms with Gasteiger partial charge in [-0.3, -0.25) is 10.1 Å². The van der Waals surface area contributed by atoms with Crippen LogP contribution >= 0.6 is 11.6 Å². The Kier molecular flexibility index (Phi) is 5.36. The molecule has 0 amide bonds. The van der Waals surface area contributed by atoms with Crippen molar-refractivity contribution in [1.29, 1.82) is 0 Å². The maximum atomic E-state index is 10.8. The summed E-state index contributed by atoms with van der Waals surface area (Å²) in [6, 6.07) is 15.0. The lowest BCUT2D eigenvalue weighted by Gasteiger charge is -2.07. The molecule has 0 saturated carbocycles. The third-order valence-electron chi connectivity index (χ3n) is 4.16. The Bertz CT molecular complexity index is 1210. The van der Waals surface area contributed by atoms with Gasteiger partial charge in [0.25, 0.3) is 5.69 Å². The molecule has 0 spiro atoms. The number of nitrogens with zero attached hydrogens (tertiary/aromatic N) is 5. The second-order valence-electron chi connectivity index (χ2n) is 6.40. The highest BCUT2D eigenvalue weighted by molar-refractivity contribution is 6.30. The molecule has 0 aliphatic heterocycles. The highest BCUT2D eigenvalue weighted by atomic mass is 35.5. The van der Waals surface area contributed by atoms with Crippen LogP contribution in [0.25, 0.3) is 22.8 Å². The van der Waals surface area contributed by atoms with Crippen molar-refractivity contribution in [2.24, 2.45) is 0 Å². The van der Waals surface area contributed by atoms with Crippen molar-refractivity contribution in [2.75, 3.05) is 5.32 Å². The smallest absolute Gasteiger partial charge is 0.269 e. The molecule has 4 rings (SSSR count). The van der Waals surface area contributed by atoms with Crippen LogP contribution in [0.3, 0.4) is 0 Å². The fourth-order valence-corrected chi connectivity index (χ4v) is 2.95. The average Bonchev–Trinajstić information content (AvgIpc) is 3.21. The van der Waals surface area contributed by atoms with Crippen LogP contribution < -0.4 is 5.32 Å². The minimum Gasteiger partial charge on any atom is -0.361 e. The first kappa shape index (κ1) is 19.5. The van der Waals surface area contributed by atoms with E-state index < -0.39 is 4.92 Å². The zero-order valence-electron chi connectivity index (χ0n) is 15.7. The van der Waals surface area contributed by atoms with Crippen LogP contribution in [0, 0.1) is 17.0 Å². The molecule has 0 atom stereocenters. The highest BCUT2D eigenvalue weighted by Crippen LogP contribution is 2.22. The van der Waals surface area contributed by atoms with Crippen molar-refractivity contribution < 1.29 is 9.45 Å². The maximum Gasteiger partial charge on any atom is 0.269 e. The quantitative estimate of drug-likeness (QED) is 0.351. The third kappa shape index (κ3) is 4.41. The molecule has 0 bridgehead atoms. The molecular formula is C20H15ClN6O3. The molecule has 0 unspecified atom stereocenters. The van der Waals surface area contributed by atoms with Gasteiger partial charge in [0, 0.05) is 40.0 Å². The molecular weight excluding hydrogens is 408 g/mol. The summed E-state index contributed by atoms with van der Waals surface area (Å²) in [6.45, 7) is 2.11. The Morgan fingerprint density at radius 3 is 2.57 bits per heavy atom. The lowest BCUT2D eigenvalue weighted by molar-refractivity contribution is -0.384. The number of aryl methyl sites for hydroxylation is 1. The van der Waals surface area contributed by atoms with E-state index in [9.17, 15) is 10.1 Å². The van der Waals surface area contributed by atoms with Crippen molar-refractivity contribution in [3.8, 4) is 22.8 Å². The van der Waals surface area contributed by atoms with Crippen LogP contribution in [0.1, 0.15) is 11.6 Å². The van der Waals surface area contributed by atoms with E-state index in [-0.39, 0.29) is 12.2 Å². The minimum absolute atomic E-state index is 0.0108. The standard InChI is InChI=1S/C20H15ClN6O3/c1-12-9-17(24-19(23-12)13-5-7-16(8-6-13)27(28)29)22-11-18-25-20(26-30-18)14-3-2-4-15(21)10-14/h2-10H,11H2,1H3,(H,22,23,24). The molecule has 30 heavy (non-hydrogen) atoms. The second-order valence-corrected chi connectivity index (χ2v) is 6.83. The fraction of sp³-hybridized carbons (Fsp3) is 0.100. The predicted octanol–water partition coefficient (Wildman–Crippen LogP) is 4.68. The van der Waals surface area contributed by atoms with Gasteiger partial charge in [-0.1, -0.05) is 28.9 Å². The van der Waals surface area contributed by atoms with Crippen LogP contribution in [0.2, 0.25) is 5.02 Å². The van der Waals surface area contributed by atoms with Crippen LogP contribution in [-0.2, 0) is 6.54 Å². The van der Waals surface area contributed by atoms with Crippen molar-refractivity contribution in [3.63, 3.8) is 0 Å². The van der Waals surface area contributed by atoms with Gasteiger partial charge in [0.15, 0.2) is 5.82 Å². The van der Waals surface area contributed by atoms with E-state index in [0.717, 1.165) is 11.3 Å². The summed E-state index contributed by atoms with van der Waals surface area (Å²) in [4.78, 5) is 23.6. The molecule has 150 valence electrons. The molecule has 0 saturated heterocycles. The molecule has 1 N–H and O–H groups in total. The number of hydrogen-bond donors (Lipinski definition) is 1. The van der Waals surface area contributed by atoms with E-state index in [1.807, 2.05) is 19.1 Å². The number of hydrogen-bond acceptors (Lipinski definition) is 8. The fourth-order valence-electron chi connectivity index (χ4n) is 2.76. The molecule has 4 aromatic rings. The van der Waals surface area contributed by atoms with Crippen LogP contribution in [0.4, 0.5) is 11.5 Å². The van der Waals surface area contributed by atoms with Gasteiger partial charge in [0.05, 0.1) is 11.5 Å². The first-order valence-corrected chi connectivity index (χ1v) is 9.28. The number of rotatable bonds is 6. The first-order valence-electron chi connectivity index (χ1n) is 8.91.